The van der Waals surface area contributed by atoms with E-state index in [-0.39, 0.29) is 29.9 Å². The number of nitrogens with zero attached hydrogens (tertiary/aromatic N) is 1. The Bertz CT molecular complexity index is 2690. The van der Waals surface area contributed by atoms with Gasteiger partial charge in [0.15, 0.2) is 11.6 Å². The van der Waals surface area contributed by atoms with E-state index in [0.717, 1.165) is 22.3 Å². The number of carbonyl (C=O) groups is 2. The third-order valence-corrected chi connectivity index (χ3v) is 9.11. The first kappa shape index (κ1) is 37.9. The van der Waals surface area contributed by atoms with Gasteiger partial charge in [0.25, 0.3) is 11.1 Å². The largest absolute Gasteiger partial charge is 0.440 e. The number of ether oxygens (including phenoxy) is 2. The Morgan fingerprint density at radius 1 is 0.545 bits per heavy atom. The zero-order chi connectivity index (χ0) is 39.6. The molecule has 12 nitrogen and oxygen atoms in total. The fourth-order valence-electron chi connectivity index (χ4n) is 6.70. The van der Waals surface area contributed by atoms with E-state index >= 15 is 0 Å². The summed E-state index contributed by atoms with van der Waals surface area (Å²) in [6.45, 7) is 11.5. The fourth-order valence-corrected chi connectivity index (χ4v) is 6.70. The number of aromatic nitrogens is 4. The predicted molar refractivity (Wildman–Crippen MR) is 209 cm³/mol. The average molecular weight is 741 g/mol. The summed E-state index contributed by atoms with van der Waals surface area (Å²) < 4.78 is 13.1. The Labute approximate surface area is 315 Å². The molecular formula is C43H40N4O8. The Morgan fingerprint density at radius 2 is 1.05 bits per heavy atom. The number of aryl methyl sites for hydroxylation is 4. The van der Waals surface area contributed by atoms with Crippen LogP contribution < -0.4 is 32.0 Å². The van der Waals surface area contributed by atoms with Crippen molar-refractivity contribution in [1.82, 2.24) is 19.5 Å². The molecule has 0 fully saturated rings. The molecule has 0 unspecified atom stereocenters. The summed E-state index contributed by atoms with van der Waals surface area (Å²) in [7, 11) is 0. The van der Waals surface area contributed by atoms with Gasteiger partial charge in [-0.15, -0.1) is 0 Å². The smallest absolute Gasteiger partial charge is 0.331 e. The van der Waals surface area contributed by atoms with E-state index in [2.05, 4.69) is 15.0 Å². The number of aromatic amines is 3. The maximum Gasteiger partial charge on any atom is 0.331 e. The summed E-state index contributed by atoms with van der Waals surface area (Å²) in [5, 5.41) is 0. The number of hydrogen-bond donors (Lipinski definition) is 3. The monoisotopic (exact) mass is 740 g/mol. The van der Waals surface area contributed by atoms with Crippen LogP contribution in [0.5, 0.6) is 23.3 Å². The van der Waals surface area contributed by atoms with Gasteiger partial charge < -0.3 is 9.47 Å². The molecule has 6 aromatic rings. The Balaban J connectivity index is 0.000000228. The number of rotatable bonds is 8. The molecule has 7 rings (SSSR count). The molecule has 2 heterocycles. The third kappa shape index (κ3) is 8.08. The van der Waals surface area contributed by atoms with Crippen molar-refractivity contribution in [3.05, 3.63) is 182 Å². The van der Waals surface area contributed by atoms with Gasteiger partial charge in [-0.2, -0.15) is 0 Å². The second-order valence-corrected chi connectivity index (χ2v) is 13.5. The Hall–Kier alpha value is -6.82. The summed E-state index contributed by atoms with van der Waals surface area (Å²) in [5.41, 5.74) is 4.74. The van der Waals surface area contributed by atoms with Crippen molar-refractivity contribution in [2.24, 2.45) is 0 Å². The predicted octanol–water partition coefficient (Wildman–Crippen LogP) is 6.37. The number of ketones is 2. The fraction of sp³-hybridized carbons (Fsp3) is 0.209. The van der Waals surface area contributed by atoms with Crippen LogP contribution in [0.1, 0.15) is 84.6 Å². The molecule has 1 aliphatic rings. The molecule has 0 aliphatic heterocycles. The number of hydrogen-bond acceptors (Lipinski definition) is 8. The highest BCUT2D eigenvalue weighted by Crippen LogP contribution is 2.30. The van der Waals surface area contributed by atoms with E-state index < -0.39 is 22.5 Å². The van der Waals surface area contributed by atoms with Crippen LogP contribution in [0.4, 0.5) is 0 Å². The molecule has 0 spiro atoms. The van der Waals surface area contributed by atoms with Crippen LogP contribution in [-0.2, 0) is 19.4 Å². The van der Waals surface area contributed by atoms with E-state index in [9.17, 15) is 28.8 Å². The van der Waals surface area contributed by atoms with Gasteiger partial charge in [-0.3, -0.25) is 38.7 Å². The van der Waals surface area contributed by atoms with Crippen LogP contribution in [0.3, 0.4) is 0 Å². The van der Waals surface area contributed by atoms with Crippen LogP contribution in [0.25, 0.3) is 0 Å². The quantitative estimate of drug-likeness (QED) is 0.161. The average Bonchev–Trinajstić information content (AvgIpc) is 3.11. The maximum absolute atomic E-state index is 13.1. The maximum atomic E-state index is 13.1. The molecule has 2 aromatic heterocycles. The second kappa shape index (κ2) is 15.7. The zero-order valence-corrected chi connectivity index (χ0v) is 31.3. The van der Waals surface area contributed by atoms with Crippen LogP contribution in [0, 0.1) is 27.7 Å². The van der Waals surface area contributed by atoms with Gasteiger partial charge in [0.1, 0.15) is 11.5 Å². The third-order valence-electron chi connectivity index (χ3n) is 9.11. The first-order valence-corrected chi connectivity index (χ1v) is 17.8. The topological polar surface area (TPSA) is 173 Å². The first-order valence-electron chi connectivity index (χ1n) is 17.8. The highest BCUT2D eigenvalue weighted by Gasteiger charge is 2.29. The van der Waals surface area contributed by atoms with E-state index in [1.165, 1.54) is 4.57 Å². The number of fused-ring (bicyclic) bond motifs is 2. The van der Waals surface area contributed by atoms with Crippen LogP contribution >= 0.6 is 0 Å². The van der Waals surface area contributed by atoms with Gasteiger partial charge in [-0.25, -0.2) is 9.59 Å². The molecule has 0 bridgehead atoms. The Kier molecular flexibility index (Phi) is 10.8. The van der Waals surface area contributed by atoms with Crippen molar-refractivity contribution in [2.75, 3.05) is 0 Å². The van der Waals surface area contributed by atoms with Gasteiger partial charge >= 0.3 is 11.4 Å². The van der Waals surface area contributed by atoms with E-state index in [1.807, 2.05) is 77.9 Å². The molecule has 0 radical (unpaired) electrons. The normalized spacial score (nSPS) is 11.7. The molecule has 0 atom stereocenters. The van der Waals surface area contributed by atoms with Crippen LogP contribution in [0.2, 0.25) is 0 Å². The van der Waals surface area contributed by atoms with Gasteiger partial charge in [-0.05, 0) is 105 Å². The highest BCUT2D eigenvalue weighted by atomic mass is 16.5. The summed E-state index contributed by atoms with van der Waals surface area (Å²) in [6, 6.07) is 23.1. The lowest BCUT2D eigenvalue weighted by Crippen LogP contribution is -2.33. The molecule has 3 N–H and O–H groups in total. The number of benzene rings is 4. The zero-order valence-electron chi connectivity index (χ0n) is 31.3. The first-order chi connectivity index (χ1) is 26.3. The van der Waals surface area contributed by atoms with Crippen molar-refractivity contribution < 1.29 is 19.1 Å². The van der Waals surface area contributed by atoms with Crippen molar-refractivity contribution in [3.8, 4) is 23.3 Å². The van der Waals surface area contributed by atoms with Crippen LogP contribution in [-0.4, -0.2) is 31.1 Å². The summed E-state index contributed by atoms with van der Waals surface area (Å²) >= 11 is 0. The standard InChI is InChI=1S/C29H24N2O5.C14H16N2O3/c1-4-20-27(34)30-29(35)31(28(20)36-19-12-16(2)11-17(3)13-19)15-18-9-10-23-24(14-18)26(33)22-8-6-5-7-21(22)25(23)32;1-4-11-12(17)15-14(18)16-13(11)19-10-6-8(2)5-9(3)7-10/h5-14H,4,15H2,1-3H3,(H,30,34,35);5-7H,4H2,1-3H3,(H2,15,16,17,18). The lowest BCUT2D eigenvalue weighted by Gasteiger charge is -2.19. The van der Waals surface area contributed by atoms with Crippen molar-refractivity contribution in [2.45, 2.75) is 60.9 Å². The van der Waals surface area contributed by atoms with Gasteiger partial charge in [0.2, 0.25) is 11.8 Å². The van der Waals surface area contributed by atoms with E-state index in [0.29, 0.717) is 63.3 Å². The molecule has 12 heteroatoms. The summed E-state index contributed by atoms with van der Waals surface area (Å²) in [5.74, 6) is 1.04. The van der Waals surface area contributed by atoms with Gasteiger partial charge in [0, 0.05) is 22.3 Å². The SMILES string of the molecule is CCc1c(Oc2cc(C)cc(C)c2)[nH]c(=O)[nH]c1=O.CCc1c(Oc2cc(C)cc(C)c2)n(Cc2ccc3c(c2)C(=O)c2ccccc2C3=O)c(=O)[nH]c1=O. The molecular weight excluding hydrogens is 700 g/mol. The van der Waals surface area contributed by atoms with Crippen molar-refractivity contribution >= 4 is 11.6 Å². The lowest BCUT2D eigenvalue weighted by atomic mass is 9.83. The highest BCUT2D eigenvalue weighted by molar-refractivity contribution is 6.28. The van der Waals surface area contributed by atoms with Crippen LogP contribution in [0.15, 0.2) is 98.0 Å². The number of carbonyl (C=O) groups excluding carboxylic acids is 2. The van der Waals surface area contributed by atoms with Gasteiger partial charge in [0.05, 0.1) is 17.7 Å². The molecule has 0 saturated carbocycles. The number of H-pyrrole nitrogens is 3. The van der Waals surface area contributed by atoms with Crippen molar-refractivity contribution in [3.63, 3.8) is 0 Å². The molecule has 1 aliphatic carbocycles. The molecule has 280 valence electrons. The minimum Gasteiger partial charge on any atom is -0.440 e. The molecule has 4 aromatic carbocycles. The molecule has 0 amide bonds. The minimum absolute atomic E-state index is 0.0408. The van der Waals surface area contributed by atoms with Gasteiger partial charge in [-0.1, -0.05) is 56.3 Å². The van der Waals surface area contributed by atoms with Crippen molar-refractivity contribution in [1.29, 1.82) is 0 Å². The Morgan fingerprint density at radius 3 is 1.62 bits per heavy atom. The second-order valence-electron chi connectivity index (χ2n) is 13.5. The summed E-state index contributed by atoms with van der Waals surface area (Å²) in [4.78, 5) is 81.7. The number of nitrogens with one attached hydrogen (secondary N) is 3. The molecule has 0 saturated heterocycles. The van der Waals surface area contributed by atoms with E-state index in [1.54, 1.807) is 42.5 Å². The van der Waals surface area contributed by atoms with E-state index in [4.69, 9.17) is 9.47 Å². The molecule has 55 heavy (non-hydrogen) atoms. The summed E-state index contributed by atoms with van der Waals surface area (Å²) in [6.07, 6.45) is 0.829. The minimum atomic E-state index is -0.623. The lowest BCUT2D eigenvalue weighted by molar-refractivity contribution is 0.0979.